The van der Waals surface area contributed by atoms with Gasteiger partial charge in [0.15, 0.2) is 5.03 Å². The van der Waals surface area contributed by atoms with E-state index in [9.17, 15) is 8.42 Å². The highest BCUT2D eigenvalue weighted by molar-refractivity contribution is 7.89. The standard InChI is InChI=1S/C15H25N3O2S/c1-4-13-7-8-18(11-13)21(19,20)15-6-5-14(10-17-15)9-16-12(2)3/h5-6,10,12-13,16H,4,7-9,11H2,1-3H3. The van der Waals surface area contributed by atoms with Gasteiger partial charge in [-0.05, 0) is 24.0 Å². The van der Waals surface area contributed by atoms with Crippen LogP contribution in [0.15, 0.2) is 23.4 Å². The maximum atomic E-state index is 12.5. The van der Waals surface area contributed by atoms with Crippen molar-refractivity contribution in [2.24, 2.45) is 5.92 Å². The molecule has 118 valence electrons. The molecule has 1 saturated heterocycles. The lowest BCUT2D eigenvalue weighted by Crippen LogP contribution is -2.29. The predicted molar refractivity (Wildman–Crippen MR) is 83.4 cm³/mol. The van der Waals surface area contributed by atoms with Crippen LogP contribution in [-0.4, -0.2) is 36.8 Å². The van der Waals surface area contributed by atoms with Gasteiger partial charge in [-0.1, -0.05) is 33.3 Å². The van der Waals surface area contributed by atoms with Gasteiger partial charge < -0.3 is 5.32 Å². The number of hydrogen-bond acceptors (Lipinski definition) is 4. The molecule has 1 unspecified atom stereocenters. The zero-order valence-corrected chi connectivity index (χ0v) is 13.9. The fourth-order valence-electron chi connectivity index (χ4n) is 2.47. The van der Waals surface area contributed by atoms with Gasteiger partial charge in [0.2, 0.25) is 0 Å². The second-order valence-electron chi connectivity index (χ2n) is 5.97. The van der Waals surface area contributed by atoms with Gasteiger partial charge in [0.05, 0.1) is 0 Å². The van der Waals surface area contributed by atoms with Gasteiger partial charge in [-0.3, -0.25) is 0 Å². The van der Waals surface area contributed by atoms with E-state index in [1.165, 1.54) is 0 Å². The van der Waals surface area contributed by atoms with Crippen LogP contribution in [0.4, 0.5) is 0 Å². The van der Waals surface area contributed by atoms with Crippen LogP contribution in [0.25, 0.3) is 0 Å². The van der Waals surface area contributed by atoms with Crippen LogP contribution in [0, 0.1) is 5.92 Å². The van der Waals surface area contributed by atoms with E-state index in [2.05, 4.69) is 31.1 Å². The van der Waals surface area contributed by atoms with Crippen LogP contribution >= 0.6 is 0 Å². The molecule has 1 fully saturated rings. The summed E-state index contributed by atoms with van der Waals surface area (Å²) in [6.07, 6.45) is 3.63. The number of pyridine rings is 1. The Morgan fingerprint density at radius 3 is 2.71 bits per heavy atom. The maximum absolute atomic E-state index is 12.5. The zero-order valence-electron chi connectivity index (χ0n) is 13.0. The average Bonchev–Trinajstić information content (AvgIpc) is 2.95. The highest BCUT2D eigenvalue weighted by Crippen LogP contribution is 2.25. The second kappa shape index (κ2) is 6.85. The second-order valence-corrected chi connectivity index (χ2v) is 7.85. The van der Waals surface area contributed by atoms with Gasteiger partial charge in [-0.25, -0.2) is 13.4 Å². The lowest BCUT2D eigenvalue weighted by molar-refractivity contribution is 0.450. The Labute approximate surface area is 127 Å². The van der Waals surface area contributed by atoms with Crippen molar-refractivity contribution in [1.82, 2.24) is 14.6 Å². The first-order chi connectivity index (χ1) is 9.93. The van der Waals surface area contributed by atoms with E-state index in [0.717, 1.165) is 18.4 Å². The van der Waals surface area contributed by atoms with Crippen LogP contribution in [0.2, 0.25) is 0 Å². The molecule has 1 aliphatic rings. The average molecular weight is 311 g/mol. The molecule has 0 amide bonds. The third kappa shape index (κ3) is 4.02. The Bertz CT molecular complexity index is 555. The normalized spacial score (nSPS) is 20.3. The van der Waals surface area contributed by atoms with Crippen molar-refractivity contribution in [2.75, 3.05) is 13.1 Å². The molecule has 2 rings (SSSR count). The molecule has 1 aromatic heterocycles. The molecule has 5 nitrogen and oxygen atoms in total. The summed E-state index contributed by atoms with van der Waals surface area (Å²) in [5.74, 6) is 0.481. The van der Waals surface area contributed by atoms with Crippen molar-refractivity contribution in [2.45, 2.75) is 51.2 Å². The van der Waals surface area contributed by atoms with Crippen LogP contribution in [-0.2, 0) is 16.6 Å². The number of aromatic nitrogens is 1. The van der Waals surface area contributed by atoms with E-state index >= 15 is 0 Å². The summed E-state index contributed by atoms with van der Waals surface area (Å²) in [5.41, 5.74) is 0.996. The fraction of sp³-hybridized carbons (Fsp3) is 0.667. The molecule has 21 heavy (non-hydrogen) atoms. The number of nitrogens with one attached hydrogen (secondary N) is 1. The molecule has 1 aromatic rings. The van der Waals surface area contributed by atoms with Gasteiger partial charge in [0.1, 0.15) is 0 Å². The molecule has 1 atom stereocenters. The Hall–Kier alpha value is -0.980. The van der Waals surface area contributed by atoms with E-state index in [-0.39, 0.29) is 5.03 Å². The molecular formula is C15H25N3O2S. The van der Waals surface area contributed by atoms with Gasteiger partial charge in [0.25, 0.3) is 10.0 Å². The Balaban J connectivity index is 2.07. The first-order valence-corrected chi connectivity index (χ1v) is 9.06. The Morgan fingerprint density at radius 2 is 2.19 bits per heavy atom. The van der Waals surface area contributed by atoms with Gasteiger partial charge in [0, 0.05) is 31.9 Å². The summed E-state index contributed by atoms with van der Waals surface area (Å²) in [7, 11) is -3.43. The molecule has 0 bridgehead atoms. The summed E-state index contributed by atoms with van der Waals surface area (Å²) < 4.78 is 26.6. The van der Waals surface area contributed by atoms with Crippen LogP contribution in [0.3, 0.4) is 0 Å². The van der Waals surface area contributed by atoms with Crippen molar-refractivity contribution in [3.63, 3.8) is 0 Å². The van der Waals surface area contributed by atoms with Crippen LogP contribution in [0.1, 0.15) is 39.2 Å². The summed E-state index contributed by atoms with van der Waals surface area (Å²) >= 11 is 0. The van der Waals surface area contributed by atoms with E-state index in [0.29, 0.717) is 31.6 Å². The third-order valence-electron chi connectivity index (χ3n) is 3.94. The Morgan fingerprint density at radius 1 is 1.43 bits per heavy atom. The molecule has 0 spiro atoms. The first kappa shape index (κ1) is 16.4. The third-order valence-corrected chi connectivity index (χ3v) is 5.72. The van der Waals surface area contributed by atoms with Gasteiger partial charge >= 0.3 is 0 Å². The summed E-state index contributed by atoms with van der Waals surface area (Å²) in [6.45, 7) is 8.19. The Kier molecular flexibility index (Phi) is 5.35. The summed E-state index contributed by atoms with van der Waals surface area (Å²) in [5, 5.41) is 3.45. The smallest absolute Gasteiger partial charge is 0.260 e. The molecule has 0 saturated carbocycles. The molecule has 1 aliphatic heterocycles. The number of nitrogens with zero attached hydrogens (tertiary/aromatic N) is 2. The lowest BCUT2D eigenvalue weighted by atomic mass is 10.1. The SMILES string of the molecule is CCC1CCN(S(=O)(=O)c2ccc(CNC(C)C)cn2)C1. The molecule has 1 N–H and O–H groups in total. The molecule has 0 aromatic carbocycles. The number of sulfonamides is 1. The van der Waals surface area contributed by atoms with Crippen molar-refractivity contribution in [3.8, 4) is 0 Å². The molecule has 6 heteroatoms. The number of hydrogen-bond donors (Lipinski definition) is 1. The zero-order chi connectivity index (χ0) is 15.5. The summed E-state index contributed by atoms with van der Waals surface area (Å²) in [6, 6.07) is 3.85. The van der Waals surface area contributed by atoms with Crippen LogP contribution in [0.5, 0.6) is 0 Å². The van der Waals surface area contributed by atoms with E-state index in [1.54, 1.807) is 16.6 Å². The van der Waals surface area contributed by atoms with Gasteiger partial charge in [-0.15, -0.1) is 0 Å². The highest BCUT2D eigenvalue weighted by atomic mass is 32.2. The van der Waals surface area contributed by atoms with Crippen molar-refractivity contribution in [1.29, 1.82) is 0 Å². The van der Waals surface area contributed by atoms with Gasteiger partial charge in [-0.2, -0.15) is 4.31 Å². The largest absolute Gasteiger partial charge is 0.310 e. The molecule has 2 heterocycles. The fourth-order valence-corrected chi connectivity index (χ4v) is 3.91. The van der Waals surface area contributed by atoms with E-state index in [4.69, 9.17) is 0 Å². The van der Waals surface area contributed by atoms with Crippen LogP contribution < -0.4 is 5.32 Å². The quantitative estimate of drug-likeness (QED) is 0.873. The summed E-state index contributed by atoms with van der Waals surface area (Å²) in [4.78, 5) is 4.15. The minimum atomic E-state index is -3.43. The van der Waals surface area contributed by atoms with E-state index < -0.39 is 10.0 Å². The molecule has 0 radical (unpaired) electrons. The van der Waals surface area contributed by atoms with E-state index in [1.807, 2.05) is 6.07 Å². The number of rotatable bonds is 6. The predicted octanol–water partition coefficient (Wildman–Crippen LogP) is 2.00. The van der Waals surface area contributed by atoms with Crippen molar-refractivity contribution >= 4 is 10.0 Å². The first-order valence-electron chi connectivity index (χ1n) is 7.62. The minimum absolute atomic E-state index is 0.160. The highest BCUT2D eigenvalue weighted by Gasteiger charge is 2.32. The topological polar surface area (TPSA) is 62.3 Å². The monoisotopic (exact) mass is 311 g/mol. The molecule has 0 aliphatic carbocycles. The minimum Gasteiger partial charge on any atom is -0.310 e. The van der Waals surface area contributed by atoms with Crippen molar-refractivity contribution < 1.29 is 8.42 Å². The van der Waals surface area contributed by atoms with Crippen molar-refractivity contribution in [3.05, 3.63) is 23.9 Å². The maximum Gasteiger partial charge on any atom is 0.260 e. The lowest BCUT2D eigenvalue weighted by Gasteiger charge is -2.16. The molecular weight excluding hydrogens is 286 g/mol.